The standard InChI is InChI=1S/C22H33N7O2/c1-2-4-16-11-20(28-10-3-5-17(14-28)25-13-15-6-7-15)27-21(26-16)22(24)9-8-18(23)19(12-22)29(30)31/h8-9,11,15,17,25H,2-7,10,12-14,23-24H2,1H3. The predicted molar refractivity (Wildman–Crippen MR) is 120 cm³/mol. The van der Waals surface area contributed by atoms with E-state index in [4.69, 9.17) is 21.4 Å². The Hall–Kier alpha value is -2.52. The number of nitrogens with zero attached hydrogens (tertiary/aromatic N) is 4. The second kappa shape index (κ2) is 8.92. The molecule has 2 fully saturated rings. The SMILES string of the molecule is CCCc1cc(N2CCCC(NCC3CC3)C2)nc(C2(N)C=CC(N)=C([N+](=O)[O-])C2)n1. The Labute approximate surface area is 183 Å². The molecule has 1 saturated carbocycles. The van der Waals surface area contributed by atoms with Gasteiger partial charge >= 0.3 is 0 Å². The number of nitrogens with two attached hydrogens (primary N) is 2. The van der Waals surface area contributed by atoms with Crippen LogP contribution in [0.3, 0.4) is 0 Å². The lowest BCUT2D eigenvalue weighted by atomic mass is 9.88. The number of aromatic nitrogens is 2. The van der Waals surface area contributed by atoms with Crippen LogP contribution in [0.2, 0.25) is 0 Å². The zero-order valence-electron chi connectivity index (χ0n) is 18.2. The molecule has 5 N–H and O–H groups in total. The van der Waals surface area contributed by atoms with Gasteiger partial charge in [0.25, 0.3) is 5.70 Å². The van der Waals surface area contributed by atoms with Gasteiger partial charge in [0.15, 0.2) is 5.82 Å². The third-order valence-corrected chi connectivity index (χ3v) is 6.40. The molecular formula is C22H33N7O2. The van der Waals surface area contributed by atoms with Crippen molar-refractivity contribution in [1.82, 2.24) is 15.3 Å². The first kappa shape index (κ1) is 21.7. The van der Waals surface area contributed by atoms with Crippen molar-refractivity contribution < 1.29 is 4.92 Å². The Morgan fingerprint density at radius 1 is 1.35 bits per heavy atom. The molecule has 9 nitrogen and oxygen atoms in total. The first-order valence-corrected chi connectivity index (χ1v) is 11.4. The van der Waals surface area contributed by atoms with E-state index in [1.165, 1.54) is 25.3 Å². The summed E-state index contributed by atoms with van der Waals surface area (Å²) in [6, 6.07) is 2.50. The Morgan fingerprint density at radius 3 is 2.87 bits per heavy atom. The molecule has 1 saturated heterocycles. The van der Waals surface area contributed by atoms with E-state index < -0.39 is 10.5 Å². The fourth-order valence-corrected chi connectivity index (χ4v) is 4.34. The van der Waals surface area contributed by atoms with Crippen molar-refractivity contribution in [3.8, 4) is 0 Å². The Balaban J connectivity index is 1.59. The minimum Gasteiger partial charge on any atom is -0.393 e. The molecule has 1 aromatic rings. The Kier molecular flexibility index (Phi) is 6.24. The van der Waals surface area contributed by atoms with Gasteiger partial charge in [-0.1, -0.05) is 19.4 Å². The third kappa shape index (κ3) is 5.04. The van der Waals surface area contributed by atoms with Crippen LogP contribution >= 0.6 is 0 Å². The third-order valence-electron chi connectivity index (χ3n) is 6.40. The summed E-state index contributed by atoms with van der Waals surface area (Å²) >= 11 is 0. The number of anilines is 1. The number of piperidine rings is 1. The van der Waals surface area contributed by atoms with Gasteiger partial charge in [-0.05, 0) is 50.6 Å². The van der Waals surface area contributed by atoms with Crippen LogP contribution in [-0.2, 0) is 12.0 Å². The second-order valence-electron chi connectivity index (χ2n) is 9.14. The number of nitrogens with one attached hydrogen (secondary N) is 1. The zero-order chi connectivity index (χ0) is 22.0. The molecule has 0 bridgehead atoms. The number of allylic oxidation sites excluding steroid dienone is 1. The summed E-state index contributed by atoms with van der Waals surface area (Å²) in [6.07, 6.45) is 9.89. The maximum atomic E-state index is 11.4. The molecule has 4 rings (SSSR count). The van der Waals surface area contributed by atoms with Crippen molar-refractivity contribution >= 4 is 5.82 Å². The molecule has 9 heteroatoms. The molecule has 31 heavy (non-hydrogen) atoms. The van der Waals surface area contributed by atoms with E-state index in [9.17, 15) is 10.1 Å². The molecule has 0 amide bonds. The van der Waals surface area contributed by atoms with Crippen LogP contribution in [0, 0.1) is 16.0 Å². The number of rotatable bonds is 8. The topological polar surface area (TPSA) is 136 Å². The smallest absolute Gasteiger partial charge is 0.271 e. The maximum Gasteiger partial charge on any atom is 0.271 e. The van der Waals surface area contributed by atoms with Crippen LogP contribution < -0.4 is 21.7 Å². The number of nitro groups is 1. The van der Waals surface area contributed by atoms with Crippen LogP contribution in [0.15, 0.2) is 29.6 Å². The van der Waals surface area contributed by atoms with E-state index in [1.54, 1.807) is 6.08 Å². The zero-order valence-corrected chi connectivity index (χ0v) is 18.2. The highest BCUT2D eigenvalue weighted by Gasteiger charge is 2.38. The van der Waals surface area contributed by atoms with Crippen molar-refractivity contribution in [2.24, 2.45) is 17.4 Å². The van der Waals surface area contributed by atoms with Crippen LogP contribution in [0.5, 0.6) is 0 Å². The first-order valence-electron chi connectivity index (χ1n) is 11.4. The summed E-state index contributed by atoms with van der Waals surface area (Å²) < 4.78 is 0. The van der Waals surface area contributed by atoms with Gasteiger partial charge in [0.2, 0.25) is 0 Å². The first-order chi connectivity index (χ1) is 14.9. The number of aryl methyl sites for hydroxylation is 1. The van der Waals surface area contributed by atoms with E-state index in [0.29, 0.717) is 11.9 Å². The summed E-state index contributed by atoms with van der Waals surface area (Å²) in [6.45, 7) is 5.04. The summed E-state index contributed by atoms with van der Waals surface area (Å²) in [7, 11) is 0. The van der Waals surface area contributed by atoms with Crippen LogP contribution in [0.4, 0.5) is 5.82 Å². The average Bonchev–Trinajstić information content (AvgIpc) is 3.59. The molecule has 2 unspecified atom stereocenters. The highest BCUT2D eigenvalue weighted by molar-refractivity contribution is 5.43. The molecular weight excluding hydrogens is 394 g/mol. The van der Waals surface area contributed by atoms with Gasteiger partial charge in [-0.3, -0.25) is 10.1 Å². The van der Waals surface area contributed by atoms with Gasteiger partial charge in [-0.15, -0.1) is 0 Å². The summed E-state index contributed by atoms with van der Waals surface area (Å²) in [5, 5.41) is 15.2. The molecule has 2 heterocycles. The molecule has 1 aromatic heterocycles. The van der Waals surface area contributed by atoms with Gasteiger partial charge in [0.1, 0.15) is 17.1 Å². The fourth-order valence-electron chi connectivity index (χ4n) is 4.34. The Bertz CT molecular complexity index is 896. The highest BCUT2D eigenvalue weighted by Crippen LogP contribution is 2.32. The van der Waals surface area contributed by atoms with Crippen LogP contribution in [0.25, 0.3) is 0 Å². The van der Waals surface area contributed by atoms with Crippen molar-refractivity contribution in [2.45, 2.75) is 63.5 Å². The van der Waals surface area contributed by atoms with Crippen molar-refractivity contribution in [3.05, 3.63) is 51.2 Å². The molecule has 0 aromatic carbocycles. The Morgan fingerprint density at radius 2 is 2.16 bits per heavy atom. The molecule has 1 aliphatic heterocycles. The van der Waals surface area contributed by atoms with E-state index in [0.717, 1.165) is 56.3 Å². The lowest BCUT2D eigenvalue weighted by Crippen LogP contribution is -2.47. The van der Waals surface area contributed by atoms with Crippen LogP contribution in [0.1, 0.15) is 57.0 Å². The summed E-state index contributed by atoms with van der Waals surface area (Å²) in [5.74, 6) is 2.13. The van der Waals surface area contributed by atoms with E-state index >= 15 is 0 Å². The van der Waals surface area contributed by atoms with E-state index in [2.05, 4.69) is 17.1 Å². The normalized spacial score (nSPS) is 26.4. The minimum absolute atomic E-state index is 0.0249. The fraction of sp³-hybridized carbons (Fsp3) is 0.636. The molecule has 2 atom stereocenters. The lowest BCUT2D eigenvalue weighted by molar-refractivity contribution is -0.430. The molecule has 3 aliphatic rings. The van der Waals surface area contributed by atoms with E-state index in [1.807, 2.05) is 6.07 Å². The largest absolute Gasteiger partial charge is 0.393 e. The molecule has 0 radical (unpaired) electrons. The minimum atomic E-state index is -1.15. The van der Waals surface area contributed by atoms with Gasteiger partial charge in [0.05, 0.1) is 11.3 Å². The van der Waals surface area contributed by atoms with Gasteiger partial charge < -0.3 is 21.7 Å². The number of hydrogen-bond donors (Lipinski definition) is 3. The van der Waals surface area contributed by atoms with Crippen molar-refractivity contribution in [3.63, 3.8) is 0 Å². The molecule has 0 spiro atoms. The summed E-state index contributed by atoms with van der Waals surface area (Å²) in [5.41, 5.74) is 12.2. The van der Waals surface area contributed by atoms with Crippen LogP contribution in [-0.4, -0.2) is 40.6 Å². The van der Waals surface area contributed by atoms with Gasteiger partial charge in [-0.25, -0.2) is 9.97 Å². The molecule has 168 valence electrons. The monoisotopic (exact) mass is 427 g/mol. The van der Waals surface area contributed by atoms with Gasteiger partial charge in [-0.2, -0.15) is 0 Å². The average molecular weight is 428 g/mol. The summed E-state index contributed by atoms with van der Waals surface area (Å²) in [4.78, 5) is 22.8. The second-order valence-corrected chi connectivity index (χ2v) is 9.14. The van der Waals surface area contributed by atoms with Crippen molar-refractivity contribution in [1.29, 1.82) is 0 Å². The van der Waals surface area contributed by atoms with Gasteiger partial charge in [0, 0.05) is 30.9 Å². The number of hydrogen-bond acceptors (Lipinski definition) is 8. The highest BCUT2D eigenvalue weighted by atomic mass is 16.6. The van der Waals surface area contributed by atoms with E-state index in [-0.39, 0.29) is 17.8 Å². The maximum absolute atomic E-state index is 11.4. The van der Waals surface area contributed by atoms with Crippen molar-refractivity contribution in [2.75, 3.05) is 24.5 Å². The lowest BCUT2D eigenvalue weighted by Gasteiger charge is -2.35. The molecule has 2 aliphatic carbocycles. The quantitative estimate of drug-likeness (QED) is 0.423. The predicted octanol–water partition coefficient (Wildman–Crippen LogP) is 1.96.